The number of nitrogens with two attached hydrogens (primary N) is 1. The van der Waals surface area contributed by atoms with Crippen molar-refractivity contribution >= 4 is 29.7 Å². The summed E-state index contributed by atoms with van der Waals surface area (Å²) in [6.07, 6.45) is 3.08. The smallest absolute Gasteiger partial charge is 0.141 e. The Morgan fingerprint density at radius 1 is 0.717 bits per heavy atom. The zero-order valence-electron chi connectivity index (χ0n) is 26.6. The first kappa shape index (κ1) is 37.0. The van der Waals surface area contributed by atoms with E-state index in [1.807, 2.05) is 94.4 Å². The van der Waals surface area contributed by atoms with Gasteiger partial charge in [-0.2, -0.15) is 5.26 Å². The van der Waals surface area contributed by atoms with Gasteiger partial charge in [-0.25, -0.2) is 9.97 Å². The molecular formula is C34H40ClN9O2. The van der Waals surface area contributed by atoms with E-state index >= 15 is 0 Å². The quantitative estimate of drug-likeness (QED) is 0.0787. The van der Waals surface area contributed by atoms with Gasteiger partial charge in [-0.1, -0.05) is 34.6 Å². The van der Waals surface area contributed by atoms with Gasteiger partial charge in [0.05, 0.1) is 11.4 Å². The van der Waals surface area contributed by atoms with Crippen LogP contribution in [0.25, 0.3) is 0 Å². The maximum absolute atomic E-state index is 8.80. The molecule has 0 atom stereocenters. The second-order valence-corrected chi connectivity index (χ2v) is 10.1. The van der Waals surface area contributed by atoms with Crippen LogP contribution in [-0.4, -0.2) is 50.4 Å². The molecule has 0 amide bonds. The summed E-state index contributed by atoms with van der Waals surface area (Å²) in [5.74, 6) is -0.0195. The van der Waals surface area contributed by atoms with Crippen LogP contribution in [0.3, 0.4) is 0 Å². The molecule has 4 aromatic rings. The molecule has 240 valence electrons. The van der Waals surface area contributed by atoms with Crippen molar-refractivity contribution in [2.45, 2.75) is 53.4 Å². The lowest BCUT2D eigenvalue weighted by atomic mass is 10.2. The highest BCUT2D eigenvalue weighted by molar-refractivity contribution is 5.97. The van der Waals surface area contributed by atoms with Crippen molar-refractivity contribution in [2.75, 3.05) is 13.2 Å². The molecule has 0 fully saturated rings. The summed E-state index contributed by atoms with van der Waals surface area (Å²) in [5.41, 5.74) is 13.2. The van der Waals surface area contributed by atoms with Gasteiger partial charge in [-0.15, -0.1) is 12.4 Å². The Morgan fingerprint density at radius 2 is 1.17 bits per heavy atom. The molecule has 12 heteroatoms. The molecule has 0 radical (unpaired) electrons. The van der Waals surface area contributed by atoms with Crippen molar-refractivity contribution in [2.24, 2.45) is 16.0 Å². The number of nitriles is 1. The third kappa shape index (κ3) is 13.2. The Morgan fingerprint density at radius 3 is 1.65 bits per heavy atom. The highest BCUT2D eigenvalue weighted by Gasteiger charge is 2.03. The van der Waals surface area contributed by atoms with E-state index < -0.39 is 0 Å². The van der Waals surface area contributed by atoms with Crippen LogP contribution in [-0.2, 0) is 22.5 Å². The van der Waals surface area contributed by atoms with E-state index in [-0.39, 0.29) is 18.2 Å². The van der Waals surface area contributed by atoms with Crippen LogP contribution in [0, 0.1) is 30.6 Å². The fourth-order valence-electron chi connectivity index (χ4n) is 3.95. The molecule has 0 bridgehead atoms. The zero-order chi connectivity index (χ0) is 32.4. The van der Waals surface area contributed by atoms with Crippen LogP contribution < -0.4 is 5.73 Å². The number of rotatable bonds is 13. The second kappa shape index (κ2) is 19.9. The Bertz CT molecular complexity index is 1670. The molecule has 3 N–H and O–H groups in total. The van der Waals surface area contributed by atoms with Gasteiger partial charge in [-0.3, -0.25) is 15.4 Å². The predicted molar refractivity (Wildman–Crippen MR) is 182 cm³/mol. The molecule has 0 aromatic carbocycles. The molecule has 4 rings (SSSR count). The minimum atomic E-state index is -0.0195. The van der Waals surface area contributed by atoms with Crippen LogP contribution in [0.1, 0.15) is 72.2 Å². The van der Waals surface area contributed by atoms with Gasteiger partial charge in [0.1, 0.15) is 47.9 Å². The first-order chi connectivity index (χ1) is 21.7. The largest absolute Gasteiger partial charge is 0.396 e. The van der Waals surface area contributed by atoms with Crippen LogP contribution >= 0.6 is 12.4 Å². The maximum Gasteiger partial charge on any atom is 0.141 e. The third-order valence-electron chi connectivity index (χ3n) is 6.26. The molecule has 4 aromatic heterocycles. The molecule has 0 saturated carbocycles. The Labute approximate surface area is 276 Å². The van der Waals surface area contributed by atoms with E-state index in [2.05, 4.69) is 30.2 Å². The lowest BCUT2D eigenvalue weighted by Crippen LogP contribution is -2.13. The molecule has 4 heterocycles. The first-order valence-electron chi connectivity index (χ1n) is 14.6. The van der Waals surface area contributed by atoms with Crippen molar-refractivity contribution < 1.29 is 9.68 Å². The van der Waals surface area contributed by atoms with E-state index in [0.29, 0.717) is 24.6 Å². The second-order valence-electron chi connectivity index (χ2n) is 10.1. The molecule has 0 aliphatic rings. The standard InChI is InChI=1S/C17H21N5O.C17H18N4O.ClH/c1-12-6-3-9-15(20-12)13(2)22-23-11-5-8-14-7-4-10-16(21-14)17(18)19;1-13-6-3-10-17(19-13)14(2)21-22-11-5-9-15-7-4-8-16(12-18)20-15;/h3-4,6-7,9-10H,5,8,11H2,1-2H3,(H3,18,19);3-4,6-8,10H,5,9,11H2,1-2H3;1H/b22-13+;21-14+;. The molecular weight excluding hydrogens is 602 g/mol. The number of nitrogens with one attached hydrogen (secondary N) is 1. The molecule has 0 saturated heterocycles. The van der Waals surface area contributed by atoms with Crippen LogP contribution in [0.2, 0.25) is 0 Å². The summed E-state index contributed by atoms with van der Waals surface area (Å²) >= 11 is 0. The predicted octanol–water partition coefficient (Wildman–Crippen LogP) is 5.89. The number of hydrogen-bond acceptors (Lipinski definition) is 10. The number of amidine groups is 1. The zero-order valence-corrected chi connectivity index (χ0v) is 27.4. The summed E-state index contributed by atoms with van der Waals surface area (Å²) in [4.78, 5) is 28.0. The SMILES string of the molecule is C/C(=N\OCCCc1cccc(C#N)n1)c1cccc(C)n1.C/C(=N\OCCCc1cccc(C(=N)N)n1)c1cccc(C)n1.Cl. The van der Waals surface area contributed by atoms with Crippen LogP contribution in [0.4, 0.5) is 0 Å². The number of hydrogen-bond donors (Lipinski definition) is 2. The first-order valence-corrected chi connectivity index (χ1v) is 14.6. The normalized spacial score (nSPS) is 10.9. The molecule has 0 unspecified atom stereocenters. The fraction of sp³-hybridized carbons (Fsp3) is 0.294. The number of nitrogen functional groups attached to an aromatic ring is 1. The van der Waals surface area contributed by atoms with Crippen LogP contribution in [0.5, 0.6) is 0 Å². The minimum absolute atomic E-state index is 0. The topological polar surface area (TPSA) is 168 Å². The van der Waals surface area contributed by atoms with Crippen molar-refractivity contribution in [3.05, 3.63) is 118 Å². The number of oxime groups is 2. The molecule has 0 aliphatic carbocycles. The van der Waals surface area contributed by atoms with Gasteiger partial charge in [0.2, 0.25) is 0 Å². The van der Waals surface area contributed by atoms with Gasteiger partial charge in [0, 0.05) is 22.8 Å². The third-order valence-corrected chi connectivity index (χ3v) is 6.26. The highest BCUT2D eigenvalue weighted by Crippen LogP contribution is 2.06. The van der Waals surface area contributed by atoms with Crippen LogP contribution in [0.15, 0.2) is 83.1 Å². The van der Waals surface area contributed by atoms with Crippen molar-refractivity contribution in [3.8, 4) is 6.07 Å². The Kier molecular flexibility index (Phi) is 16.0. The molecule has 0 spiro atoms. The number of halogens is 1. The van der Waals surface area contributed by atoms with E-state index in [4.69, 9.17) is 26.1 Å². The van der Waals surface area contributed by atoms with E-state index in [1.54, 1.807) is 12.1 Å². The molecule has 0 aliphatic heterocycles. The molecule has 46 heavy (non-hydrogen) atoms. The monoisotopic (exact) mass is 641 g/mol. The maximum atomic E-state index is 8.80. The number of pyridine rings is 4. The van der Waals surface area contributed by atoms with E-state index in [9.17, 15) is 0 Å². The number of aryl methyl sites for hydroxylation is 4. The van der Waals surface area contributed by atoms with Crippen molar-refractivity contribution in [1.29, 1.82) is 10.7 Å². The van der Waals surface area contributed by atoms with Gasteiger partial charge in [-0.05, 0) is 102 Å². The van der Waals surface area contributed by atoms with Gasteiger partial charge in [0.25, 0.3) is 0 Å². The van der Waals surface area contributed by atoms with E-state index in [0.717, 1.165) is 71.3 Å². The van der Waals surface area contributed by atoms with Gasteiger partial charge >= 0.3 is 0 Å². The summed E-state index contributed by atoms with van der Waals surface area (Å²) in [6.45, 7) is 8.63. The average Bonchev–Trinajstić information content (AvgIpc) is 3.04. The summed E-state index contributed by atoms with van der Waals surface area (Å²) < 4.78 is 0. The summed E-state index contributed by atoms with van der Waals surface area (Å²) in [6, 6.07) is 24.6. The lowest BCUT2D eigenvalue weighted by Gasteiger charge is -2.04. The average molecular weight is 642 g/mol. The van der Waals surface area contributed by atoms with Crippen molar-refractivity contribution in [3.63, 3.8) is 0 Å². The summed E-state index contributed by atoms with van der Waals surface area (Å²) in [5, 5.41) is 24.4. The van der Waals surface area contributed by atoms with Gasteiger partial charge < -0.3 is 15.4 Å². The fourth-order valence-corrected chi connectivity index (χ4v) is 3.95. The minimum Gasteiger partial charge on any atom is -0.396 e. The Balaban J connectivity index is 0.000000314. The highest BCUT2D eigenvalue weighted by atomic mass is 35.5. The van der Waals surface area contributed by atoms with Gasteiger partial charge in [0.15, 0.2) is 0 Å². The lowest BCUT2D eigenvalue weighted by molar-refractivity contribution is 0.141. The summed E-state index contributed by atoms with van der Waals surface area (Å²) in [7, 11) is 0. The number of nitrogens with zero attached hydrogens (tertiary/aromatic N) is 7. The number of aromatic nitrogens is 4. The van der Waals surface area contributed by atoms with E-state index in [1.165, 1.54) is 0 Å². The Hall–Kier alpha value is -5.21. The van der Waals surface area contributed by atoms with Crippen molar-refractivity contribution in [1.82, 2.24) is 19.9 Å². The molecule has 11 nitrogen and oxygen atoms in total.